The van der Waals surface area contributed by atoms with Crippen molar-refractivity contribution in [3.05, 3.63) is 36.4 Å². The van der Waals surface area contributed by atoms with Crippen molar-refractivity contribution in [2.24, 2.45) is 0 Å². The monoisotopic (exact) mass is 264 g/mol. The van der Waals surface area contributed by atoms with Crippen LogP contribution in [0.3, 0.4) is 0 Å². The fourth-order valence-corrected chi connectivity index (χ4v) is 1.26. The summed E-state index contributed by atoms with van der Waals surface area (Å²) in [7, 11) is 1.30. The zero-order valence-electron chi connectivity index (χ0n) is 10.8. The minimum absolute atomic E-state index is 0.263. The van der Waals surface area contributed by atoms with Crippen LogP contribution < -0.4 is 10.6 Å². The van der Waals surface area contributed by atoms with Crippen molar-refractivity contribution in [2.45, 2.75) is 13.2 Å². The van der Waals surface area contributed by atoms with Gasteiger partial charge in [0.1, 0.15) is 0 Å². The molecule has 1 rings (SSSR count). The Balaban J connectivity index is 2.68. The molecule has 6 heteroatoms. The van der Waals surface area contributed by atoms with Crippen LogP contribution in [0.5, 0.6) is 0 Å². The number of aliphatic carboxylic acids is 1. The molecule has 0 saturated carbocycles. The Labute approximate surface area is 111 Å². The number of nitrogens with one attached hydrogen (secondary N) is 2. The normalized spacial score (nSPS) is 11.5. The number of carboxylic acids is 1. The van der Waals surface area contributed by atoms with Crippen molar-refractivity contribution in [3.8, 4) is 0 Å². The minimum Gasteiger partial charge on any atom is -0.478 e. The molecular formula is C13H16N2O4. The van der Waals surface area contributed by atoms with Crippen molar-refractivity contribution < 1.29 is 19.4 Å². The number of amides is 1. The van der Waals surface area contributed by atoms with Gasteiger partial charge in [-0.1, -0.05) is 6.58 Å². The summed E-state index contributed by atoms with van der Waals surface area (Å²) in [6.07, 6.45) is -1.11. The molecule has 0 heterocycles. The highest BCUT2D eigenvalue weighted by Crippen LogP contribution is 2.15. The molecule has 3 N–H and O–H groups in total. The molecule has 6 nitrogen and oxygen atoms in total. The maximum Gasteiger partial charge on any atom is 0.353 e. The third-order valence-electron chi connectivity index (χ3n) is 2.29. The van der Waals surface area contributed by atoms with Crippen LogP contribution in [0.2, 0.25) is 0 Å². The third kappa shape index (κ3) is 4.44. The number of carbonyl (C=O) groups excluding carboxylic acids is 1. The summed E-state index contributed by atoms with van der Waals surface area (Å²) >= 11 is 0. The first kappa shape index (κ1) is 14.7. The molecule has 1 atom stereocenters. The summed E-state index contributed by atoms with van der Waals surface area (Å²) < 4.78 is 4.75. The van der Waals surface area contributed by atoms with Crippen LogP contribution in [-0.4, -0.2) is 30.3 Å². The van der Waals surface area contributed by atoms with Crippen LogP contribution in [0.1, 0.15) is 6.92 Å². The van der Waals surface area contributed by atoms with E-state index in [0.717, 1.165) is 0 Å². The lowest BCUT2D eigenvalue weighted by molar-refractivity contribution is -0.146. The van der Waals surface area contributed by atoms with Gasteiger partial charge in [0.15, 0.2) is 0 Å². The van der Waals surface area contributed by atoms with Crippen LogP contribution in [0.25, 0.3) is 0 Å². The Bertz CT molecular complexity index is 482. The molecule has 0 aromatic heterocycles. The highest BCUT2D eigenvalue weighted by Gasteiger charge is 2.15. The molecule has 19 heavy (non-hydrogen) atoms. The predicted octanol–water partition coefficient (Wildman–Crippen LogP) is 1.67. The van der Waals surface area contributed by atoms with Gasteiger partial charge in [0.05, 0.1) is 0 Å². The molecule has 0 aliphatic heterocycles. The minimum atomic E-state index is -1.11. The summed E-state index contributed by atoms with van der Waals surface area (Å²) in [6, 6.07) is 6.58. The van der Waals surface area contributed by atoms with Gasteiger partial charge in [0, 0.05) is 24.1 Å². The number of rotatable bonds is 6. The van der Waals surface area contributed by atoms with E-state index >= 15 is 0 Å². The van der Waals surface area contributed by atoms with E-state index in [2.05, 4.69) is 17.2 Å². The summed E-state index contributed by atoms with van der Waals surface area (Å²) in [4.78, 5) is 22.2. The lowest BCUT2D eigenvalue weighted by Crippen LogP contribution is -2.30. The van der Waals surface area contributed by atoms with E-state index in [-0.39, 0.29) is 5.91 Å². The molecule has 0 spiro atoms. The predicted molar refractivity (Wildman–Crippen MR) is 71.9 cm³/mol. The summed E-state index contributed by atoms with van der Waals surface area (Å²) in [5.74, 6) is -1.37. The highest BCUT2D eigenvalue weighted by molar-refractivity contribution is 6.02. The molecule has 1 unspecified atom stereocenters. The number of hydrogen-bond donors (Lipinski definition) is 3. The van der Waals surface area contributed by atoms with Gasteiger partial charge in [-0.2, -0.15) is 0 Å². The van der Waals surface area contributed by atoms with Gasteiger partial charge in [-0.05, 0) is 31.2 Å². The fourth-order valence-electron chi connectivity index (χ4n) is 1.26. The zero-order valence-corrected chi connectivity index (χ0v) is 10.8. The second-order valence-electron chi connectivity index (χ2n) is 3.91. The van der Waals surface area contributed by atoms with Gasteiger partial charge in [-0.25, -0.2) is 4.79 Å². The maximum absolute atomic E-state index is 11.4. The quantitative estimate of drug-likeness (QED) is 0.537. The average Bonchev–Trinajstić information content (AvgIpc) is 2.37. The molecule has 0 fully saturated rings. The largest absolute Gasteiger partial charge is 0.478 e. The highest BCUT2D eigenvalue weighted by atomic mass is 16.5. The van der Waals surface area contributed by atoms with Crippen LogP contribution in [0.4, 0.5) is 11.4 Å². The van der Waals surface area contributed by atoms with Gasteiger partial charge in [-0.3, -0.25) is 4.79 Å². The molecule has 0 saturated heterocycles. The van der Waals surface area contributed by atoms with Crippen LogP contribution in [-0.2, 0) is 14.3 Å². The molecule has 0 bridgehead atoms. The van der Waals surface area contributed by atoms with E-state index in [4.69, 9.17) is 9.84 Å². The van der Waals surface area contributed by atoms with Gasteiger partial charge in [-0.15, -0.1) is 0 Å². The van der Waals surface area contributed by atoms with Crippen molar-refractivity contribution in [2.75, 3.05) is 17.7 Å². The Morgan fingerprint density at radius 1 is 1.26 bits per heavy atom. The molecule has 1 aromatic rings. The topological polar surface area (TPSA) is 87.7 Å². The molecule has 1 amide bonds. The lowest BCUT2D eigenvalue weighted by atomic mass is 10.2. The molecule has 0 aliphatic carbocycles. The zero-order chi connectivity index (χ0) is 14.4. The Morgan fingerprint density at radius 2 is 1.79 bits per heavy atom. The van der Waals surface area contributed by atoms with Crippen molar-refractivity contribution in [1.82, 2.24) is 0 Å². The van der Waals surface area contributed by atoms with E-state index in [1.165, 1.54) is 7.11 Å². The number of anilines is 2. The van der Waals surface area contributed by atoms with E-state index in [9.17, 15) is 9.59 Å². The summed E-state index contributed by atoms with van der Waals surface area (Å²) in [5, 5.41) is 14.1. The number of ether oxygens (including phenoxy) is 1. The van der Waals surface area contributed by atoms with E-state index in [1.807, 2.05) is 0 Å². The smallest absolute Gasteiger partial charge is 0.353 e. The first-order chi connectivity index (χ1) is 8.93. The standard InChI is InChI=1S/C13H16N2O4/c1-8(2)11(16)14-9-4-6-10(7-5-9)15-12(19-3)13(17)18/h4-7,12,15H,1H2,2-3H3,(H,14,16)(H,17,18). The number of carboxylic acid groups (broad SMARTS) is 1. The molecular weight excluding hydrogens is 248 g/mol. The van der Waals surface area contributed by atoms with Crippen molar-refractivity contribution in [1.29, 1.82) is 0 Å². The Hall–Kier alpha value is -2.34. The Kier molecular flexibility index (Phi) is 5.08. The molecule has 0 aliphatic rings. The van der Waals surface area contributed by atoms with Gasteiger partial charge in [0.25, 0.3) is 5.91 Å². The molecule has 1 aromatic carbocycles. The number of methoxy groups -OCH3 is 1. The van der Waals surface area contributed by atoms with E-state index < -0.39 is 12.2 Å². The molecule has 102 valence electrons. The van der Waals surface area contributed by atoms with E-state index in [1.54, 1.807) is 31.2 Å². The van der Waals surface area contributed by atoms with E-state index in [0.29, 0.717) is 16.9 Å². The number of carbonyl (C=O) groups is 2. The first-order valence-corrected chi connectivity index (χ1v) is 5.53. The third-order valence-corrected chi connectivity index (χ3v) is 2.29. The summed E-state index contributed by atoms with van der Waals surface area (Å²) in [6.45, 7) is 5.14. The van der Waals surface area contributed by atoms with Gasteiger partial charge >= 0.3 is 5.97 Å². The van der Waals surface area contributed by atoms with Crippen molar-refractivity contribution in [3.63, 3.8) is 0 Å². The SMILES string of the molecule is C=C(C)C(=O)Nc1ccc(NC(OC)C(=O)O)cc1. The number of benzene rings is 1. The van der Waals surface area contributed by atoms with Crippen LogP contribution >= 0.6 is 0 Å². The number of hydrogen-bond acceptors (Lipinski definition) is 4. The van der Waals surface area contributed by atoms with Gasteiger partial charge < -0.3 is 20.5 Å². The maximum atomic E-state index is 11.4. The van der Waals surface area contributed by atoms with Crippen LogP contribution in [0.15, 0.2) is 36.4 Å². The second-order valence-corrected chi connectivity index (χ2v) is 3.91. The fraction of sp³-hybridized carbons (Fsp3) is 0.231. The Morgan fingerprint density at radius 3 is 2.21 bits per heavy atom. The first-order valence-electron chi connectivity index (χ1n) is 5.53. The van der Waals surface area contributed by atoms with Crippen LogP contribution in [0, 0.1) is 0 Å². The average molecular weight is 264 g/mol. The molecule has 0 radical (unpaired) electrons. The van der Waals surface area contributed by atoms with Gasteiger partial charge in [0.2, 0.25) is 6.23 Å². The second kappa shape index (κ2) is 6.55. The summed E-state index contributed by atoms with van der Waals surface area (Å²) in [5.41, 5.74) is 1.58. The lowest BCUT2D eigenvalue weighted by Gasteiger charge is -2.14. The van der Waals surface area contributed by atoms with Crippen molar-refractivity contribution >= 4 is 23.3 Å².